The van der Waals surface area contributed by atoms with Crippen molar-refractivity contribution in [2.24, 2.45) is 5.73 Å². The summed E-state index contributed by atoms with van der Waals surface area (Å²) >= 11 is 0. The molecule has 0 aliphatic heterocycles. The average molecular weight is 247 g/mol. The van der Waals surface area contributed by atoms with Gasteiger partial charge in [0.1, 0.15) is 5.82 Å². The van der Waals surface area contributed by atoms with Crippen LogP contribution >= 0.6 is 0 Å². The summed E-state index contributed by atoms with van der Waals surface area (Å²) in [5, 5.41) is 0. The van der Waals surface area contributed by atoms with E-state index in [1.165, 1.54) is 22.3 Å². The number of rotatable bonds is 1. The highest BCUT2D eigenvalue weighted by molar-refractivity contribution is 5.89. The van der Waals surface area contributed by atoms with E-state index in [9.17, 15) is 0 Å². The second kappa shape index (κ2) is 3.80. The molecule has 0 fully saturated rings. The zero-order chi connectivity index (χ0) is 12.8. The lowest BCUT2D eigenvalue weighted by molar-refractivity contribution is 0.901. The number of nitrogens with two attached hydrogens (primary N) is 1. The summed E-state index contributed by atoms with van der Waals surface area (Å²) in [5.74, 6) is 0.890. The van der Waals surface area contributed by atoms with E-state index in [1.807, 2.05) is 18.3 Å². The van der Waals surface area contributed by atoms with Crippen molar-refractivity contribution in [3.8, 4) is 22.5 Å². The Labute approximate surface area is 111 Å². The third-order valence-electron chi connectivity index (χ3n) is 3.75. The summed E-state index contributed by atoms with van der Waals surface area (Å²) in [6.45, 7) is 0. The van der Waals surface area contributed by atoms with Gasteiger partial charge in [0.25, 0.3) is 0 Å². The summed E-state index contributed by atoms with van der Waals surface area (Å²) < 4.78 is 0. The summed E-state index contributed by atoms with van der Waals surface area (Å²) in [5.41, 5.74) is 12.3. The Morgan fingerprint density at radius 3 is 2.58 bits per heavy atom. The van der Waals surface area contributed by atoms with Gasteiger partial charge >= 0.3 is 0 Å². The van der Waals surface area contributed by atoms with E-state index in [-0.39, 0.29) is 6.04 Å². The molecular formula is C16H13N3. The summed E-state index contributed by atoms with van der Waals surface area (Å²) in [7, 11) is 0. The van der Waals surface area contributed by atoms with Crippen molar-refractivity contribution in [1.82, 2.24) is 9.97 Å². The van der Waals surface area contributed by atoms with Crippen molar-refractivity contribution in [3.05, 3.63) is 66.0 Å². The quantitative estimate of drug-likeness (QED) is 0.694. The molecule has 1 aliphatic carbocycles. The molecule has 1 aliphatic rings. The lowest BCUT2D eigenvalue weighted by atomic mass is 9.99. The molecule has 3 aromatic rings. The number of fused-ring (bicyclic) bond motifs is 3. The second-order valence-corrected chi connectivity index (χ2v) is 4.77. The molecule has 0 unspecified atom stereocenters. The van der Waals surface area contributed by atoms with Gasteiger partial charge in [0.05, 0.1) is 6.04 Å². The number of nitrogens with zero attached hydrogens (tertiary/aromatic N) is 1. The molecule has 2 aromatic carbocycles. The fourth-order valence-corrected chi connectivity index (χ4v) is 2.90. The molecule has 1 heterocycles. The number of hydrogen-bond acceptors (Lipinski definition) is 2. The van der Waals surface area contributed by atoms with Crippen molar-refractivity contribution >= 4 is 0 Å². The van der Waals surface area contributed by atoms with Crippen molar-refractivity contribution in [1.29, 1.82) is 0 Å². The zero-order valence-electron chi connectivity index (χ0n) is 10.3. The van der Waals surface area contributed by atoms with Crippen LogP contribution in [0.2, 0.25) is 0 Å². The third kappa shape index (κ3) is 1.39. The van der Waals surface area contributed by atoms with Crippen LogP contribution in [-0.2, 0) is 0 Å². The molecule has 0 radical (unpaired) electrons. The maximum absolute atomic E-state index is 6.35. The van der Waals surface area contributed by atoms with Crippen LogP contribution in [0.1, 0.15) is 17.2 Å². The lowest BCUT2D eigenvalue weighted by Gasteiger charge is -2.08. The van der Waals surface area contributed by atoms with Gasteiger partial charge in [0, 0.05) is 18.0 Å². The van der Waals surface area contributed by atoms with Crippen molar-refractivity contribution in [3.63, 3.8) is 0 Å². The first-order valence-electron chi connectivity index (χ1n) is 6.34. The monoisotopic (exact) mass is 247 g/mol. The maximum Gasteiger partial charge on any atom is 0.137 e. The Hall–Kier alpha value is -2.39. The molecule has 1 aromatic heterocycles. The minimum atomic E-state index is -0.0406. The Morgan fingerprint density at radius 2 is 1.74 bits per heavy atom. The van der Waals surface area contributed by atoms with Gasteiger partial charge in [-0.25, -0.2) is 4.98 Å². The van der Waals surface area contributed by atoms with E-state index in [4.69, 9.17) is 5.73 Å². The van der Waals surface area contributed by atoms with Crippen LogP contribution < -0.4 is 5.73 Å². The van der Waals surface area contributed by atoms with Gasteiger partial charge in [-0.3, -0.25) is 0 Å². The van der Waals surface area contributed by atoms with Crippen molar-refractivity contribution < 1.29 is 0 Å². The highest BCUT2D eigenvalue weighted by Crippen LogP contribution is 2.46. The number of hydrogen-bond donors (Lipinski definition) is 2. The van der Waals surface area contributed by atoms with Crippen LogP contribution in [0, 0.1) is 0 Å². The van der Waals surface area contributed by atoms with Crippen LogP contribution in [0.25, 0.3) is 22.5 Å². The molecule has 3 heteroatoms. The smallest absolute Gasteiger partial charge is 0.137 e. The Morgan fingerprint density at radius 1 is 0.947 bits per heavy atom. The Kier molecular flexibility index (Phi) is 2.11. The summed E-state index contributed by atoms with van der Waals surface area (Å²) in [6, 6.07) is 14.5. The van der Waals surface area contributed by atoms with E-state index in [1.54, 1.807) is 6.20 Å². The molecule has 19 heavy (non-hydrogen) atoms. The van der Waals surface area contributed by atoms with Crippen molar-refractivity contribution in [2.75, 3.05) is 0 Å². The number of aromatic nitrogens is 2. The second-order valence-electron chi connectivity index (χ2n) is 4.77. The van der Waals surface area contributed by atoms with E-state index >= 15 is 0 Å². The number of imidazole rings is 1. The number of benzene rings is 2. The fourth-order valence-electron chi connectivity index (χ4n) is 2.90. The van der Waals surface area contributed by atoms with E-state index < -0.39 is 0 Å². The first-order chi connectivity index (χ1) is 9.36. The Bertz CT molecular complexity index is 744. The predicted molar refractivity (Wildman–Crippen MR) is 75.5 cm³/mol. The summed E-state index contributed by atoms with van der Waals surface area (Å²) in [4.78, 5) is 7.54. The first kappa shape index (κ1) is 10.5. The van der Waals surface area contributed by atoms with Gasteiger partial charge < -0.3 is 10.7 Å². The van der Waals surface area contributed by atoms with E-state index in [0.717, 1.165) is 11.4 Å². The molecule has 3 nitrogen and oxygen atoms in total. The van der Waals surface area contributed by atoms with Gasteiger partial charge in [-0.05, 0) is 22.3 Å². The average Bonchev–Trinajstić information content (AvgIpc) is 3.08. The lowest BCUT2D eigenvalue weighted by Crippen LogP contribution is -2.07. The number of nitrogens with one attached hydrogen (secondary N) is 1. The van der Waals surface area contributed by atoms with E-state index in [0.29, 0.717) is 0 Å². The van der Waals surface area contributed by atoms with Gasteiger partial charge in [0.2, 0.25) is 0 Å². The predicted octanol–water partition coefficient (Wildman–Crippen LogP) is 3.11. The number of H-pyrrole nitrogens is 1. The molecular weight excluding hydrogens is 234 g/mol. The minimum absolute atomic E-state index is 0.0406. The van der Waals surface area contributed by atoms with Gasteiger partial charge in [-0.15, -0.1) is 0 Å². The number of aromatic amines is 1. The van der Waals surface area contributed by atoms with Crippen LogP contribution in [0.15, 0.2) is 54.9 Å². The maximum atomic E-state index is 6.35. The zero-order valence-corrected chi connectivity index (χ0v) is 10.3. The fraction of sp³-hybridized carbons (Fsp3) is 0.0625. The largest absolute Gasteiger partial charge is 0.345 e. The standard InChI is InChI=1S/C16H13N3/c17-15-11-5-2-1-4-10(11)14-12(15)6-3-7-13(14)16-18-8-9-19-16/h1-9,15H,17H2,(H,18,19)/t15-/m1/s1. The highest BCUT2D eigenvalue weighted by atomic mass is 14.9. The minimum Gasteiger partial charge on any atom is -0.345 e. The SMILES string of the molecule is N[C@@H]1c2ccccc2-c2c(-c3ncc[nH]3)cccc21. The Balaban J connectivity index is 2.06. The molecule has 0 amide bonds. The van der Waals surface area contributed by atoms with Gasteiger partial charge in [-0.2, -0.15) is 0 Å². The third-order valence-corrected chi connectivity index (χ3v) is 3.75. The molecule has 0 saturated heterocycles. The van der Waals surface area contributed by atoms with E-state index in [2.05, 4.69) is 40.3 Å². The molecule has 0 bridgehead atoms. The summed E-state index contributed by atoms with van der Waals surface area (Å²) in [6.07, 6.45) is 3.62. The molecule has 92 valence electrons. The van der Waals surface area contributed by atoms with Crippen LogP contribution in [0.5, 0.6) is 0 Å². The van der Waals surface area contributed by atoms with Crippen molar-refractivity contribution in [2.45, 2.75) is 6.04 Å². The molecule has 4 rings (SSSR count). The van der Waals surface area contributed by atoms with Crippen LogP contribution in [0.3, 0.4) is 0 Å². The van der Waals surface area contributed by atoms with Gasteiger partial charge in [-0.1, -0.05) is 42.5 Å². The highest BCUT2D eigenvalue weighted by Gasteiger charge is 2.28. The molecule has 1 atom stereocenters. The van der Waals surface area contributed by atoms with Crippen LogP contribution in [0.4, 0.5) is 0 Å². The topological polar surface area (TPSA) is 54.7 Å². The first-order valence-corrected chi connectivity index (χ1v) is 6.34. The normalized spacial score (nSPS) is 16.2. The molecule has 3 N–H and O–H groups in total. The molecule has 0 spiro atoms. The van der Waals surface area contributed by atoms with Crippen LogP contribution in [-0.4, -0.2) is 9.97 Å². The van der Waals surface area contributed by atoms with Gasteiger partial charge in [0.15, 0.2) is 0 Å². The molecule has 0 saturated carbocycles.